The Morgan fingerprint density at radius 2 is 1.59 bits per heavy atom. The summed E-state index contributed by atoms with van der Waals surface area (Å²) in [5, 5.41) is 0. The topological polar surface area (TPSA) is 111 Å². The van der Waals surface area contributed by atoms with Gasteiger partial charge in [0.2, 0.25) is 28.4 Å². The molecule has 0 aromatic heterocycles. The lowest BCUT2D eigenvalue weighted by Gasteiger charge is -2.33. The van der Waals surface area contributed by atoms with E-state index in [1.165, 1.54) is 6.07 Å². The average Bonchev–Trinajstić information content (AvgIpc) is 3.28. The Kier molecular flexibility index (Phi) is 5.20. The molecule has 0 spiro atoms. The Bertz CT molecular complexity index is 1250. The van der Waals surface area contributed by atoms with Gasteiger partial charge in [0.05, 0.1) is 13.2 Å². The molecule has 0 saturated carbocycles. The van der Waals surface area contributed by atoms with Crippen molar-refractivity contribution in [3.8, 4) is 11.5 Å². The number of Topliss-reactive ketones (excluding diaryl/α,β-unsaturated/α-hetero) is 2. The van der Waals surface area contributed by atoms with Gasteiger partial charge in [-0.15, -0.1) is 0 Å². The standard InChI is InChI=1S/C22H20N2O7S/c25-20-15-3-1-2-4-16(15)21(26)22(19(20)24-7-9-29-10-8-24)32(27,28)23-12-14-5-6-17-18(11-14)31-13-30-17/h1-6,11,23H,7-10,12-13H2. The van der Waals surface area contributed by atoms with Gasteiger partial charge in [0.1, 0.15) is 5.70 Å². The van der Waals surface area contributed by atoms with Gasteiger partial charge in [-0.1, -0.05) is 30.3 Å². The van der Waals surface area contributed by atoms with Crippen molar-refractivity contribution in [2.45, 2.75) is 6.54 Å². The minimum absolute atomic E-state index is 0.0814. The van der Waals surface area contributed by atoms with Crippen molar-refractivity contribution < 1.29 is 32.2 Å². The second kappa shape index (κ2) is 8.05. The van der Waals surface area contributed by atoms with Crippen molar-refractivity contribution in [1.82, 2.24) is 9.62 Å². The number of hydrogen-bond donors (Lipinski definition) is 1. The summed E-state index contributed by atoms with van der Waals surface area (Å²) < 4.78 is 45.1. The first-order valence-corrected chi connectivity index (χ1v) is 11.6. The maximum atomic E-state index is 13.4. The summed E-state index contributed by atoms with van der Waals surface area (Å²) in [4.78, 5) is 27.7. The van der Waals surface area contributed by atoms with Crippen LogP contribution in [-0.4, -0.2) is 58.0 Å². The number of ketones is 2. The van der Waals surface area contributed by atoms with E-state index in [0.717, 1.165) is 0 Å². The van der Waals surface area contributed by atoms with Crippen LogP contribution < -0.4 is 14.2 Å². The van der Waals surface area contributed by atoms with Gasteiger partial charge in [-0.3, -0.25) is 9.59 Å². The largest absolute Gasteiger partial charge is 0.454 e. The van der Waals surface area contributed by atoms with Crippen molar-refractivity contribution in [3.63, 3.8) is 0 Å². The molecule has 2 heterocycles. The molecule has 5 rings (SSSR count). The molecule has 32 heavy (non-hydrogen) atoms. The maximum absolute atomic E-state index is 13.4. The van der Waals surface area contributed by atoms with E-state index >= 15 is 0 Å². The summed E-state index contributed by atoms with van der Waals surface area (Å²) in [6.45, 7) is 1.34. The highest BCUT2D eigenvalue weighted by molar-refractivity contribution is 7.94. The number of sulfonamides is 1. The van der Waals surface area contributed by atoms with E-state index in [1.807, 2.05) is 0 Å². The molecular formula is C22H20N2O7S. The van der Waals surface area contributed by atoms with Gasteiger partial charge in [-0.05, 0) is 17.7 Å². The highest BCUT2D eigenvalue weighted by Crippen LogP contribution is 2.34. The summed E-state index contributed by atoms with van der Waals surface area (Å²) >= 11 is 0. The zero-order valence-electron chi connectivity index (χ0n) is 17.0. The molecule has 2 aromatic carbocycles. The van der Waals surface area contributed by atoms with Gasteiger partial charge in [0, 0.05) is 30.8 Å². The van der Waals surface area contributed by atoms with E-state index in [4.69, 9.17) is 14.2 Å². The smallest absolute Gasteiger partial charge is 0.247 e. The Morgan fingerprint density at radius 1 is 0.906 bits per heavy atom. The number of allylic oxidation sites excluding steroid dienone is 2. The molecule has 0 radical (unpaired) electrons. The van der Waals surface area contributed by atoms with Crippen LogP contribution in [0.25, 0.3) is 0 Å². The Labute approximate surface area is 184 Å². The van der Waals surface area contributed by atoms with Gasteiger partial charge in [0.25, 0.3) is 0 Å². The quantitative estimate of drug-likeness (QED) is 0.720. The SMILES string of the molecule is O=C1C(N2CCOCC2)=C(S(=O)(=O)NCc2ccc3c(c2)OCO3)C(=O)c2ccccc21. The molecule has 1 saturated heterocycles. The molecule has 2 aliphatic heterocycles. The first-order valence-electron chi connectivity index (χ1n) is 10.1. The number of fused-ring (bicyclic) bond motifs is 2. The molecule has 0 atom stereocenters. The predicted molar refractivity (Wildman–Crippen MR) is 113 cm³/mol. The van der Waals surface area contributed by atoms with E-state index in [2.05, 4.69) is 4.72 Å². The van der Waals surface area contributed by atoms with Crippen LogP contribution in [0.3, 0.4) is 0 Å². The lowest BCUT2D eigenvalue weighted by Crippen LogP contribution is -2.43. The molecule has 0 bridgehead atoms. The minimum atomic E-state index is -4.31. The molecule has 1 fully saturated rings. The summed E-state index contributed by atoms with van der Waals surface area (Å²) in [7, 11) is -4.31. The highest BCUT2D eigenvalue weighted by atomic mass is 32.2. The number of morpholine rings is 1. The van der Waals surface area contributed by atoms with Crippen molar-refractivity contribution >= 4 is 21.6 Å². The number of ether oxygens (including phenoxy) is 3. The predicted octanol–water partition coefficient (Wildman–Crippen LogP) is 1.46. The van der Waals surface area contributed by atoms with E-state index in [1.54, 1.807) is 41.3 Å². The summed E-state index contributed by atoms with van der Waals surface area (Å²) in [6, 6.07) is 11.3. The first kappa shape index (κ1) is 20.7. The molecule has 10 heteroatoms. The van der Waals surface area contributed by atoms with Crippen LogP contribution in [0.1, 0.15) is 26.3 Å². The number of carbonyl (C=O) groups is 2. The molecule has 2 aromatic rings. The fraction of sp³-hybridized carbons (Fsp3) is 0.273. The van der Waals surface area contributed by atoms with Crippen LogP contribution >= 0.6 is 0 Å². The zero-order chi connectivity index (χ0) is 22.3. The molecule has 1 aliphatic carbocycles. The van der Waals surface area contributed by atoms with E-state index < -0.39 is 26.5 Å². The second-order valence-electron chi connectivity index (χ2n) is 7.49. The first-order chi connectivity index (χ1) is 15.5. The second-order valence-corrected chi connectivity index (χ2v) is 9.20. The number of nitrogens with zero attached hydrogens (tertiary/aromatic N) is 1. The van der Waals surface area contributed by atoms with Crippen LogP contribution in [-0.2, 0) is 21.3 Å². The number of benzene rings is 2. The number of rotatable bonds is 5. The molecule has 166 valence electrons. The van der Waals surface area contributed by atoms with Gasteiger partial charge >= 0.3 is 0 Å². The Balaban J connectivity index is 1.52. The number of nitrogens with one attached hydrogen (secondary N) is 1. The third-order valence-electron chi connectivity index (χ3n) is 5.55. The van der Waals surface area contributed by atoms with Gasteiger partial charge in [-0.2, -0.15) is 0 Å². The van der Waals surface area contributed by atoms with Crippen LogP contribution in [0.2, 0.25) is 0 Å². The highest BCUT2D eigenvalue weighted by Gasteiger charge is 2.41. The molecule has 3 aliphatic rings. The monoisotopic (exact) mass is 456 g/mol. The van der Waals surface area contributed by atoms with Crippen LogP contribution in [0.15, 0.2) is 53.1 Å². The summed E-state index contributed by atoms with van der Waals surface area (Å²) in [5.41, 5.74) is 0.809. The van der Waals surface area contributed by atoms with Crippen molar-refractivity contribution in [2.24, 2.45) is 0 Å². The third-order valence-corrected chi connectivity index (χ3v) is 6.99. The lowest BCUT2D eigenvalue weighted by atomic mass is 9.91. The lowest BCUT2D eigenvalue weighted by molar-refractivity contribution is 0.0499. The normalized spacial score (nSPS) is 18.2. The fourth-order valence-corrected chi connectivity index (χ4v) is 5.30. The number of hydrogen-bond acceptors (Lipinski definition) is 8. The molecular weight excluding hydrogens is 436 g/mol. The van der Waals surface area contributed by atoms with Crippen molar-refractivity contribution in [3.05, 3.63) is 69.8 Å². The van der Waals surface area contributed by atoms with E-state index in [-0.39, 0.29) is 30.2 Å². The van der Waals surface area contributed by atoms with Crippen molar-refractivity contribution in [2.75, 3.05) is 33.1 Å². The van der Waals surface area contributed by atoms with Gasteiger partial charge in [-0.25, -0.2) is 13.1 Å². The van der Waals surface area contributed by atoms with Crippen LogP contribution in [0.5, 0.6) is 11.5 Å². The van der Waals surface area contributed by atoms with Crippen LogP contribution in [0, 0.1) is 0 Å². The molecule has 0 unspecified atom stereocenters. The van der Waals surface area contributed by atoms with E-state index in [0.29, 0.717) is 43.4 Å². The zero-order valence-corrected chi connectivity index (χ0v) is 17.8. The molecule has 1 N–H and O–H groups in total. The number of carbonyl (C=O) groups excluding carboxylic acids is 2. The average molecular weight is 456 g/mol. The van der Waals surface area contributed by atoms with Gasteiger partial charge in [0.15, 0.2) is 16.4 Å². The van der Waals surface area contributed by atoms with E-state index in [9.17, 15) is 18.0 Å². The van der Waals surface area contributed by atoms with Crippen LogP contribution in [0.4, 0.5) is 0 Å². The minimum Gasteiger partial charge on any atom is -0.454 e. The third kappa shape index (κ3) is 3.56. The van der Waals surface area contributed by atoms with Crippen molar-refractivity contribution in [1.29, 1.82) is 0 Å². The Hall–Kier alpha value is -3.21. The fourth-order valence-electron chi connectivity index (χ4n) is 3.96. The summed E-state index contributed by atoms with van der Waals surface area (Å²) in [6.07, 6.45) is 0. The molecule has 9 nitrogen and oxygen atoms in total. The van der Waals surface area contributed by atoms with Gasteiger partial charge < -0.3 is 19.1 Å². The maximum Gasteiger partial charge on any atom is 0.247 e. The Morgan fingerprint density at radius 3 is 2.34 bits per heavy atom. The molecule has 0 amide bonds. The summed E-state index contributed by atoms with van der Waals surface area (Å²) in [5.74, 6) is -0.0724.